The van der Waals surface area contributed by atoms with E-state index in [1.807, 2.05) is 0 Å². The van der Waals surface area contributed by atoms with Crippen LogP contribution in [0.4, 0.5) is 0 Å². The third kappa shape index (κ3) is 11.9. The quantitative estimate of drug-likeness (QED) is 0.372. The number of rotatable bonds is 0. The Morgan fingerprint density at radius 3 is 1.75 bits per heavy atom. The van der Waals surface area contributed by atoms with E-state index in [1.54, 1.807) is 0 Å². The Hall–Kier alpha value is 1.01. The van der Waals surface area contributed by atoms with Crippen LogP contribution in [-0.4, -0.2) is 21.0 Å². The summed E-state index contributed by atoms with van der Waals surface area (Å²) in [5, 5.41) is 0. The van der Waals surface area contributed by atoms with Crippen LogP contribution in [0, 0.1) is 0 Å². The Labute approximate surface area is 44.1 Å². The Bertz CT molecular complexity index is 13.5. The summed E-state index contributed by atoms with van der Waals surface area (Å²) in [5.41, 5.74) is 0. The summed E-state index contributed by atoms with van der Waals surface area (Å²) in [6.45, 7) is 0. The van der Waals surface area contributed by atoms with Gasteiger partial charge in [0.25, 0.3) is 0 Å². The van der Waals surface area contributed by atoms with Crippen LogP contribution >= 0.6 is 0 Å². The molecule has 0 radical (unpaired) electrons. The first-order valence-electron chi connectivity index (χ1n) is 0.428. The fourth-order valence-corrected chi connectivity index (χ4v) is 0. The minimum atomic E-state index is -1.75. The number of hydrogen-bond donors (Lipinski definition) is 1. The molecule has 0 aromatic heterocycles. The van der Waals surface area contributed by atoms with Crippen molar-refractivity contribution in [1.82, 2.24) is 0 Å². The molecule has 0 unspecified atom stereocenters. The van der Waals surface area contributed by atoms with Crippen LogP contribution in [0.5, 0.6) is 0 Å². The fourth-order valence-electron chi connectivity index (χ4n) is 0. The molecule has 0 aliphatic rings. The van der Waals surface area contributed by atoms with Gasteiger partial charge in [-0.15, -0.1) is 0 Å². The predicted octanol–water partition coefficient (Wildman–Crippen LogP) is -1.86. The van der Waals surface area contributed by atoms with E-state index in [9.17, 15) is 0 Å². The zero-order chi connectivity index (χ0) is 2.71. The van der Waals surface area contributed by atoms with Crippen molar-refractivity contribution < 1.29 is 26.5 Å². The van der Waals surface area contributed by atoms with Gasteiger partial charge in [-0.2, -0.15) is 0 Å². The zero-order valence-corrected chi connectivity index (χ0v) is 2.92. The predicted molar refractivity (Wildman–Crippen MR) is 12.8 cm³/mol. The summed E-state index contributed by atoms with van der Waals surface area (Å²) < 4.78 is 15.8. The first kappa shape index (κ1) is 8.89. The van der Waals surface area contributed by atoms with E-state index >= 15 is 0 Å². The van der Waals surface area contributed by atoms with Crippen molar-refractivity contribution in [2.24, 2.45) is 0 Å². The molecule has 0 amide bonds. The first-order chi connectivity index (χ1) is 1.41. The Morgan fingerprint density at radius 2 is 1.75 bits per heavy atom. The Morgan fingerprint density at radius 1 is 1.75 bits per heavy atom. The van der Waals surface area contributed by atoms with Crippen molar-refractivity contribution in [3.05, 3.63) is 0 Å². The van der Waals surface area contributed by atoms with Gasteiger partial charge in [-0.3, -0.25) is 0 Å². The molecule has 0 bridgehead atoms. The van der Waals surface area contributed by atoms with E-state index in [2.05, 4.69) is 0 Å². The van der Waals surface area contributed by atoms with Crippen LogP contribution < -0.4 is 0 Å². The molecule has 2 nitrogen and oxygen atoms in total. The van der Waals surface area contributed by atoms with Gasteiger partial charge < -0.3 is 0 Å². The van der Waals surface area contributed by atoms with Gasteiger partial charge in [0.1, 0.15) is 0 Å². The molecule has 0 saturated carbocycles. The molecule has 1 N–H and O–H groups in total. The molecular formula is H4AlO2Ti. The molecule has 0 saturated heterocycles. The average molecular weight is 111 g/mol. The SMILES string of the molecule is [AlH3].[O]=[Ti][OH]. The van der Waals surface area contributed by atoms with Gasteiger partial charge in [0.05, 0.1) is 0 Å². The van der Waals surface area contributed by atoms with Gasteiger partial charge in [-0.05, 0) is 0 Å². The fraction of sp³-hybridized carbons (Fsp3) is 0. The second-order valence-corrected chi connectivity index (χ2v) is 0.376. The monoisotopic (exact) mass is 111 g/mol. The van der Waals surface area contributed by atoms with Crippen molar-refractivity contribution >= 4 is 17.4 Å². The first-order valence-corrected chi connectivity index (χ1v) is 1.76. The standard InChI is InChI=1S/Al.H2O.O.Ti.3H/h;1H2;;;;;/q;;;+1;;;/p-1. The molecule has 0 atom stereocenters. The summed E-state index contributed by atoms with van der Waals surface area (Å²) in [6, 6.07) is 0. The summed E-state index contributed by atoms with van der Waals surface area (Å²) in [5.74, 6) is 0. The van der Waals surface area contributed by atoms with Gasteiger partial charge in [-0.1, -0.05) is 0 Å². The molecule has 0 aromatic rings. The van der Waals surface area contributed by atoms with E-state index in [1.165, 1.54) is 0 Å². The van der Waals surface area contributed by atoms with E-state index in [0.717, 1.165) is 0 Å². The molecular weight excluding hydrogens is 107 g/mol. The van der Waals surface area contributed by atoms with Crippen molar-refractivity contribution in [2.45, 2.75) is 0 Å². The molecule has 0 aromatic carbocycles. The van der Waals surface area contributed by atoms with Gasteiger partial charge in [0, 0.05) is 0 Å². The Kier molecular flexibility index (Phi) is 20.0. The van der Waals surface area contributed by atoms with Crippen LogP contribution in [0.2, 0.25) is 0 Å². The molecule has 0 aliphatic carbocycles. The van der Waals surface area contributed by atoms with Crippen molar-refractivity contribution in [2.75, 3.05) is 0 Å². The summed E-state index contributed by atoms with van der Waals surface area (Å²) >= 11 is -1.75. The van der Waals surface area contributed by atoms with E-state index in [0.29, 0.717) is 0 Å². The molecule has 0 rings (SSSR count). The van der Waals surface area contributed by atoms with Crippen LogP contribution in [0.3, 0.4) is 0 Å². The van der Waals surface area contributed by atoms with Gasteiger partial charge in [0.15, 0.2) is 17.4 Å². The number of hydrogen-bond acceptors (Lipinski definition) is 1. The van der Waals surface area contributed by atoms with Gasteiger partial charge >= 0.3 is 26.5 Å². The van der Waals surface area contributed by atoms with Crippen LogP contribution in [0.15, 0.2) is 0 Å². The van der Waals surface area contributed by atoms with Crippen molar-refractivity contribution in [3.8, 4) is 0 Å². The second-order valence-electron chi connectivity index (χ2n) is 0.0913. The maximum atomic E-state index is 8.61. The van der Waals surface area contributed by atoms with E-state index in [4.69, 9.17) is 7.01 Å². The van der Waals surface area contributed by atoms with Crippen LogP contribution in [0.25, 0.3) is 0 Å². The molecule has 0 aliphatic heterocycles. The molecule has 4 heavy (non-hydrogen) atoms. The average Bonchev–Trinajstić information content (AvgIpc) is 0.918. The van der Waals surface area contributed by atoms with Gasteiger partial charge in [0.2, 0.25) is 0 Å². The Balaban J connectivity index is 0. The minimum absolute atomic E-state index is 0. The normalized spacial score (nSPS) is 2.25. The summed E-state index contributed by atoms with van der Waals surface area (Å²) in [4.78, 5) is 0. The zero-order valence-electron chi connectivity index (χ0n) is 1.36. The third-order valence-corrected chi connectivity index (χ3v) is 0. The summed E-state index contributed by atoms with van der Waals surface area (Å²) in [7, 11) is 0. The topological polar surface area (TPSA) is 37.3 Å². The third-order valence-electron chi connectivity index (χ3n) is 0. The summed E-state index contributed by atoms with van der Waals surface area (Å²) in [6.07, 6.45) is 0. The molecule has 0 fully saturated rings. The molecule has 0 heterocycles. The maximum absolute atomic E-state index is 8.61. The van der Waals surface area contributed by atoms with E-state index < -0.39 is 19.5 Å². The van der Waals surface area contributed by atoms with Crippen LogP contribution in [-0.2, 0) is 22.8 Å². The van der Waals surface area contributed by atoms with Crippen molar-refractivity contribution in [3.63, 3.8) is 0 Å². The van der Waals surface area contributed by atoms with Crippen molar-refractivity contribution in [1.29, 1.82) is 0 Å². The van der Waals surface area contributed by atoms with Gasteiger partial charge in [-0.25, -0.2) is 0 Å². The second kappa shape index (κ2) is 8.99. The molecule has 4 heteroatoms. The molecule has 23 valence electrons. The molecule has 0 spiro atoms. The van der Waals surface area contributed by atoms with E-state index in [-0.39, 0.29) is 17.4 Å². The van der Waals surface area contributed by atoms with Crippen LogP contribution in [0.1, 0.15) is 0 Å².